The number of benzene rings is 1. The number of carbonyl (C=O) groups is 1. The van der Waals surface area contributed by atoms with Gasteiger partial charge in [-0.15, -0.1) is 0 Å². The fraction of sp³-hybridized carbons (Fsp3) is 0.571. The van der Waals surface area contributed by atoms with E-state index in [4.69, 9.17) is 0 Å². The molecule has 2 unspecified atom stereocenters. The van der Waals surface area contributed by atoms with Gasteiger partial charge in [-0.05, 0) is 44.7 Å². The van der Waals surface area contributed by atoms with Crippen LogP contribution in [0.3, 0.4) is 0 Å². The van der Waals surface area contributed by atoms with E-state index in [1.54, 1.807) is 0 Å². The van der Waals surface area contributed by atoms with Crippen molar-refractivity contribution in [3.8, 4) is 0 Å². The average molecular weight is 341 g/mol. The predicted octanol–water partition coefficient (Wildman–Crippen LogP) is 3.06. The molecule has 0 saturated carbocycles. The maximum absolute atomic E-state index is 12.3. The molecule has 2 aliphatic rings. The molecular weight excluding hydrogens is 310 g/mol. The number of piperazine rings is 1. The number of carbonyl (C=O) groups excluding carboxylic acids is 1. The number of amides is 1. The van der Waals surface area contributed by atoms with E-state index in [9.17, 15) is 4.79 Å². The van der Waals surface area contributed by atoms with E-state index in [0.29, 0.717) is 0 Å². The third kappa shape index (κ3) is 5.33. The molecule has 1 fully saturated rings. The Bertz CT molecular complexity index is 564. The first-order valence-corrected chi connectivity index (χ1v) is 9.70. The average Bonchev–Trinajstić information content (AvgIpc) is 2.68. The van der Waals surface area contributed by atoms with Crippen LogP contribution in [0.5, 0.6) is 0 Å². The monoisotopic (exact) mass is 341 g/mol. The fourth-order valence-electron chi connectivity index (χ4n) is 3.71. The Labute approximate surface area is 151 Å². The lowest BCUT2D eigenvalue weighted by Crippen LogP contribution is -2.48. The van der Waals surface area contributed by atoms with Crippen LogP contribution >= 0.6 is 0 Å². The van der Waals surface area contributed by atoms with Crippen LogP contribution in [0.25, 0.3) is 0 Å². The van der Waals surface area contributed by atoms with Crippen molar-refractivity contribution < 1.29 is 4.79 Å². The summed E-state index contributed by atoms with van der Waals surface area (Å²) in [6.07, 6.45) is 8.29. The van der Waals surface area contributed by atoms with Gasteiger partial charge in [0.15, 0.2) is 0 Å². The minimum Gasteiger partial charge on any atom is -0.369 e. The number of hydrogen-bond donors (Lipinski definition) is 1. The lowest BCUT2D eigenvalue weighted by Gasteiger charge is -2.36. The van der Waals surface area contributed by atoms with Crippen molar-refractivity contribution in [1.29, 1.82) is 0 Å². The quantitative estimate of drug-likeness (QED) is 0.808. The van der Waals surface area contributed by atoms with Crippen molar-refractivity contribution in [3.05, 3.63) is 42.5 Å². The second-order valence-corrected chi connectivity index (χ2v) is 7.34. The first-order valence-electron chi connectivity index (χ1n) is 9.70. The van der Waals surface area contributed by atoms with Crippen LogP contribution in [0.2, 0.25) is 0 Å². The van der Waals surface area contributed by atoms with Crippen LogP contribution in [-0.2, 0) is 4.79 Å². The normalized spacial score (nSPS) is 22.6. The number of rotatable bonds is 6. The summed E-state index contributed by atoms with van der Waals surface area (Å²) in [5, 5.41) is 3.21. The van der Waals surface area contributed by atoms with Crippen LogP contribution in [0.1, 0.15) is 32.6 Å². The van der Waals surface area contributed by atoms with E-state index in [1.807, 2.05) is 0 Å². The zero-order valence-corrected chi connectivity index (χ0v) is 15.4. The highest BCUT2D eigenvalue weighted by atomic mass is 16.1. The molecular formula is C21H31N3O. The molecule has 4 nitrogen and oxygen atoms in total. The molecule has 136 valence electrons. The molecule has 3 rings (SSSR count). The van der Waals surface area contributed by atoms with Crippen LogP contribution in [0.15, 0.2) is 42.5 Å². The Morgan fingerprint density at radius 2 is 1.92 bits per heavy atom. The summed E-state index contributed by atoms with van der Waals surface area (Å²) in [7, 11) is 0. The molecule has 1 aliphatic carbocycles. The number of para-hydroxylation sites is 1. The van der Waals surface area contributed by atoms with E-state index in [1.165, 1.54) is 5.69 Å². The summed E-state index contributed by atoms with van der Waals surface area (Å²) in [5.74, 6) is 0.424. The van der Waals surface area contributed by atoms with E-state index >= 15 is 0 Å². The van der Waals surface area contributed by atoms with Gasteiger partial charge in [-0.25, -0.2) is 0 Å². The topological polar surface area (TPSA) is 35.6 Å². The van der Waals surface area contributed by atoms with Crippen molar-refractivity contribution in [2.24, 2.45) is 5.92 Å². The van der Waals surface area contributed by atoms with E-state index in [2.05, 4.69) is 64.5 Å². The Hall–Kier alpha value is -1.81. The largest absolute Gasteiger partial charge is 0.369 e. The van der Waals surface area contributed by atoms with Gasteiger partial charge in [0.1, 0.15) is 0 Å². The van der Waals surface area contributed by atoms with Gasteiger partial charge < -0.3 is 10.2 Å². The van der Waals surface area contributed by atoms with E-state index in [-0.39, 0.29) is 17.9 Å². The van der Waals surface area contributed by atoms with Gasteiger partial charge in [-0.1, -0.05) is 30.4 Å². The molecule has 25 heavy (non-hydrogen) atoms. The molecule has 1 aromatic rings. The summed E-state index contributed by atoms with van der Waals surface area (Å²) in [4.78, 5) is 17.3. The van der Waals surface area contributed by atoms with E-state index in [0.717, 1.165) is 58.4 Å². The summed E-state index contributed by atoms with van der Waals surface area (Å²) in [6.45, 7) is 7.57. The van der Waals surface area contributed by atoms with E-state index < -0.39 is 0 Å². The molecule has 0 bridgehead atoms. The Kier molecular flexibility index (Phi) is 6.51. The standard InChI is InChI=1S/C21H31N3O/c1-18(22-21(25)19-8-4-2-5-9-19)12-13-23-14-16-24(17-15-23)20-10-6-3-7-11-20/h2-4,6-7,10-11,18-19H,5,8-9,12-17H2,1H3,(H,22,25). The van der Waals surface area contributed by atoms with Crippen molar-refractivity contribution in [2.75, 3.05) is 37.6 Å². The minimum atomic E-state index is 0.182. The first-order chi connectivity index (χ1) is 12.2. The fourth-order valence-corrected chi connectivity index (χ4v) is 3.71. The van der Waals surface area contributed by atoms with Gasteiger partial charge in [-0.3, -0.25) is 9.69 Å². The predicted molar refractivity (Wildman–Crippen MR) is 104 cm³/mol. The smallest absolute Gasteiger partial charge is 0.223 e. The molecule has 0 spiro atoms. The maximum atomic E-state index is 12.3. The second-order valence-electron chi connectivity index (χ2n) is 7.34. The van der Waals surface area contributed by atoms with Crippen molar-refractivity contribution >= 4 is 11.6 Å². The highest BCUT2D eigenvalue weighted by molar-refractivity contribution is 5.79. The number of allylic oxidation sites excluding steroid dienone is 2. The Morgan fingerprint density at radius 1 is 1.16 bits per heavy atom. The van der Waals surface area contributed by atoms with Crippen LogP contribution in [0.4, 0.5) is 5.69 Å². The highest BCUT2D eigenvalue weighted by Crippen LogP contribution is 2.19. The van der Waals surface area contributed by atoms with Crippen molar-refractivity contribution in [2.45, 2.75) is 38.6 Å². The van der Waals surface area contributed by atoms with Crippen LogP contribution in [0, 0.1) is 5.92 Å². The Balaban J connectivity index is 1.35. The molecule has 1 aromatic carbocycles. The van der Waals surface area contributed by atoms with Gasteiger partial charge in [0.25, 0.3) is 0 Å². The van der Waals surface area contributed by atoms with Gasteiger partial charge in [0.2, 0.25) is 5.91 Å². The summed E-state index contributed by atoms with van der Waals surface area (Å²) < 4.78 is 0. The summed E-state index contributed by atoms with van der Waals surface area (Å²) in [6, 6.07) is 10.9. The molecule has 2 atom stereocenters. The number of nitrogens with zero attached hydrogens (tertiary/aromatic N) is 2. The van der Waals surface area contributed by atoms with Gasteiger partial charge in [0.05, 0.1) is 0 Å². The van der Waals surface area contributed by atoms with Gasteiger partial charge >= 0.3 is 0 Å². The lowest BCUT2D eigenvalue weighted by molar-refractivity contribution is -0.125. The third-order valence-corrected chi connectivity index (χ3v) is 5.40. The first kappa shape index (κ1) is 18.0. The molecule has 1 amide bonds. The summed E-state index contributed by atoms with van der Waals surface area (Å²) >= 11 is 0. The zero-order valence-electron chi connectivity index (χ0n) is 15.4. The summed E-state index contributed by atoms with van der Waals surface area (Å²) in [5.41, 5.74) is 1.32. The SMILES string of the molecule is CC(CCN1CCN(c2ccccc2)CC1)NC(=O)C1CC=CCC1. The minimum absolute atomic E-state index is 0.182. The lowest BCUT2D eigenvalue weighted by atomic mass is 9.93. The van der Waals surface area contributed by atoms with Gasteiger partial charge in [-0.2, -0.15) is 0 Å². The third-order valence-electron chi connectivity index (χ3n) is 5.40. The molecule has 1 aliphatic heterocycles. The molecule has 0 radical (unpaired) electrons. The number of anilines is 1. The second kappa shape index (κ2) is 9.04. The highest BCUT2D eigenvalue weighted by Gasteiger charge is 2.21. The van der Waals surface area contributed by atoms with Crippen LogP contribution in [-0.4, -0.2) is 49.6 Å². The van der Waals surface area contributed by atoms with Crippen LogP contribution < -0.4 is 10.2 Å². The molecule has 1 heterocycles. The van der Waals surface area contributed by atoms with Crippen molar-refractivity contribution in [1.82, 2.24) is 10.2 Å². The molecule has 4 heteroatoms. The number of nitrogens with one attached hydrogen (secondary N) is 1. The molecule has 1 saturated heterocycles. The maximum Gasteiger partial charge on any atom is 0.223 e. The molecule has 0 aromatic heterocycles. The zero-order chi connectivity index (χ0) is 17.5. The Morgan fingerprint density at radius 3 is 2.60 bits per heavy atom. The molecule has 1 N–H and O–H groups in total. The van der Waals surface area contributed by atoms with Gasteiger partial charge in [0, 0.05) is 50.4 Å². The number of hydrogen-bond acceptors (Lipinski definition) is 3. The van der Waals surface area contributed by atoms with Crippen molar-refractivity contribution in [3.63, 3.8) is 0 Å².